The number of carbonyl (C=O) groups excluding carboxylic acids is 3. The monoisotopic (exact) mass is 463 g/mol. The number of esters is 1. The molecule has 1 aliphatic heterocycles. The summed E-state index contributed by atoms with van der Waals surface area (Å²) in [7, 11) is 0. The van der Waals surface area contributed by atoms with E-state index in [0.29, 0.717) is 5.56 Å². The van der Waals surface area contributed by atoms with Gasteiger partial charge in [-0.25, -0.2) is 14.0 Å². The summed E-state index contributed by atoms with van der Waals surface area (Å²) in [6.07, 6.45) is -0.711. The van der Waals surface area contributed by atoms with E-state index in [1.165, 1.54) is 17.0 Å². The van der Waals surface area contributed by atoms with Crippen molar-refractivity contribution in [1.29, 1.82) is 0 Å². The zero-order valence-electron chi connectivity index (χ0n) is 20.6. The summed E-state index contributed by atoms with van der Waals surface area (Å²) in [6.45, 7) is 14.4. The number of amides is 2. The van der Waals surface area contributed by atoms with Crippen molar-refractivity contribution in [1.82, 2.24) is 10.2 Å². The van der Waals surface area contributed by atoms with Crippen LogP contribution in [0.1, 0.15) is 83.8 Å². The molecule has 2 amide bonds. The fraction of sp³-hybridized carbons (Fsp3) is 0.583. The van der Waals surface area contributed by atoms with Gasteiger partial charge in [0.2, 0.25) is 11.9 Å². The normalized spacial score (nSPS) is 21.1. The number of halogens is 1. The highest BCUT2D eigenvalue weighted by molar-refractivity contribution is 6.04. The van der Waals surface area contributed by atoms with Crippen molar-refractivity contribution < 1.29 is 28.2 Å². The van der Waals surface area contributed by atoms with Gasteiger partial charge >= 0.3 is 12.1 Å². The summed E-state index contributed by atoms with van der Waals surface area (Å²) in [5.74, 6) is -1.53. The van der Waals surface area contributed by atoms with E-state index in [0.717, 1.165) is 6.07 Å². The summed E-state index contributed by atoms with van der Waals surface area (Å²) in [4.78, 5) is 43.3. The maximum atomic E-state index is 14.3. The number of nitrogens with zero attached hydrogens (tertiary/aromatic N) is 2. The Bertz CT molecular complexity index is 954. The minimum absolute atomic E-state index is 0.0196. The Morgan fingerprint density at radius 2 is 1.88 bits per heavy atom. The van der Waals surface area contributed by atoms with Gasteiger partial charge in [0.1, 0.15) is 11.4 Å². The molecule has 0 bridgehead atoms. The van der Waals surface area contributed by atoms with Crippen molar-refractivity contribution in [2.24, 2.45) is 10.9 Å². The number of rotatable bonds is 5. The SMILES string of the molecule is CCOC(=O)c1cc(F)cc([C@@H](C)N2C(=O)C[C@@](C)(C(C)C)N/C2=N/C(=O)OC(C)(C)C)c1. The minimum atomic E-state index is -0.852. The van der Waals surface area contributed by atoms with Gasteiger partial charge in [-0.2, -0.15) is 0 Å². The molecule has 2 atom stereocenters. The van der Waals surface area contributed by atoms with Crippen LogP contribution in [0.15, 0.2) is 23.2 Å². The number of benzene rings is 1. The molecule has 1 aromatic rings. The van der Waals surface area contributed by atoms with Crippen LogP contribution in [0.5, 0.6) is 0 Å². The van der Waals surface area contributed by atoms with Crippen LogP contribution in [0.25, 0.3) is 0 Å². The number of hydrogen-bond acceptors (Lipinski definition) is 5. The van der Waals surface area contributed by atoms with Crippen molar-refractivity contribution in [2.45, 2.75) is 79.0 Å². The average Bonchev–Trinajstić information content (AvgIpc) is 2.65. The molecule has 9 heteroatoms. The molecule has 2 rings (SSSR count). The van der Waals surface area contributed by atoms with Crippen molar-refractivity contribution >= 4 is 23.9 Å². The van der Waals surface area contributed by atoms with Gasteiger partial charge in [0.25, 0.3) is 0 Å². The summed E-state index contributed by atoms with van der Waals surface area (Å²) in [6, 6.07) is 3.06. The van der Waals surface area contributed by atoms with Gasteiger partial charge < -0.3 is 14.8 Å². The zero-order chi connectivity index (χ0) is 25.1. The van der Waals surface area contributed by atoms with E-state index < -0.39 is 35.1 Å². The number of ether oxygens (including phenoxy) is 2. The van der Waals surface area contributed by atoms with Gasteiger partial charge in [-0.05, 0) is 71.2 Å². The molecule has 0 radical (unpaired) electrons. The van der Waals surface area contributed by atoms with E-state index in [1.54, 1.807) is 34.6 Å². The largest absolute Gasteiger partial charge is 0.462 e. The Kier molecular flexibility index (Phi) is 7.87. The minimum Gasteiger partial charge on any atom is -0.462 e. The van der Waals surface area contributed by atoms with Gasteiger partial charge in [-0.1, -0.05) is 13.8 Å². The third kappa shape index (κ3) is 6.52. The Morgan fingerprint density at radius 3 is 2.42 bits per heavy atom. The van der Waals surface area contributed by atoms with Crippen molar-refractivity contribution in [3.05, 3.63) is 35.1 Å². The second-order valence-electron chi connectivity index (χ2n) is 9.72. The standard InChI is InChI=1S/C24H34FN3O5/c1-9-32-20(30)17-10-16(11-18(25)12-17)15(4)28-19(29)13-24(8,14(2)3)27-21(28)26-22(31)33-23(5,6)7/h10-12,14-15H,9,13H2,1-8H3,(H,26,27,31)/t15-,24+/m1/s1. The van der Waals surface area contributed by atoms with Crippen LogP contribution in [0.4, 0.5) is 9.18 Å². The van der Waals surface area contributed by atoms with Crippen LogP contribution in [0, 0.1) is 11.7 Å². The summed E-state index contributed by atoms with van der Waals surface area (Å²) in [5.41, 5.74) is -1.02. The lowest BCUT2D eigenvalue weighted by molar-refractivity contribution is -0.132. The topological polar surface area (TPSA) is 97.3 Å². The number of carbonyl (C=O) groups is 3. The molecule has 1 saturated heterocycles. The summed E-state index contributed by atoms with van der Waals surface area (Å²) < 4.78 is 24.6. The summed E-state index contributed by atoms with van der Waals surface area (Å²) in [5, 5.41) is 3.22. The molecule has 0 spiro atoms. The Labute approximate surface area is 194 Å². The third-order valence-electron chi connectivity index (χ3n) is 5.58. The predicted molar refractivity (Wildman–Crippen MR) is 122 cm³/mol. The molecule has 0 aliphatic carbocycles. The van der Waals surface area contributed by atoms with Crippen molar-refractivity contribution in [3.8, 4) is 0 Å². The molecule has 0 aromatic heterocycles. The highest BCUT2D eigenvalue weighted by Gasteiger charge is 2.43. The third-order valence-corrected chi connectivity index (χ3v) is 5.58. The fourth-order valence-electron chi connectivity index (χ4n) is 3.41. The molecule has 1 aliphatic rings. The van der Waals surface area contributed by atoms with Crippen LogP contribution < -0.4 is 5.32 Å². The first-order chi connectivity index (χ1) is 15.2. The molecule has 1 N–H and O–H groups in total. The Balaban J connectivity index is 2.51. The summed E-state index contributed by atoms with van der Waals surface area (Å²) >= 11 is 0. The number of aliphatic imine (C=N–C) groups is 1. The lowest BCUT2D eigenvalue weighted by atomic mass is 9.83. The van der Waals surface area contributed by atoms with Gasteiger partial charge in [-0.3, -0.25) is 9.69 Å². The van der Waals surface area contributed by atoms with Crippen LogP contribution in [0.3, 0.4) is 0 Å². The van der Waals surface area contributed by atoms with E-state index in [1.807, 2.05) is 20.8 Å². The first-order valence-electron chi connectivity index (χ1n) is 11.1. The maximum Gasteiger partial charge on any atom is 0.437 e. The number of hydrogen-bond donors (Lipinski definition) is 1. The molecule has 1 heterocycles. The molecule has 182 valence electrons. The molecule has 33 heavy (non-hydrogen) atoms. The second kappa shape index (κ2) is 9.89. The number of guanidine groups is 1. The first-order valence-corrected chi connectivity index (χ1v) is 11.1. The lowest BCUT2D eigenvalue weighted by Gasteiger charge is -2.45. The zero-order valence-corrected chi connectivity index (χ0v) is 20.6. The average molecular weight is 464 g/mol. The smallest absolute Gasteiger partial charge is 0.437 e. The fourth-order valence-corrected chi connectivity index (χ4v) is 3.41. The van der Waals surface area contributed by atoms with E-state index >= 15 is 0 Å². The molecule has 1 aromatic carbocycles. The van der Waals surface area contributed by atoms with Crippen molar-refractivity contribution in [2.75, 3.05) is 6.61 Å². The van der Waals surface area contributed by atoms with Gasteiger partial charge in [0, 0.05) is 5.54 Å². The van der Waals surface area contributed by atoms with Crippen LogP contribution in [-0.4, -0.2) is 46.6 Å². The number of nitrogens with one attached hydrogen (secondary N) is 1. The molecular formula is C24H34FN3O5. The molecule has 1 fully saturated rings. The van der Waals surface area contributed by atoms with Crippen LogP contribution >= 0.6 is 0 Å². The molecule has 8 nitrogen and oxygen atoms in total. The molecule has 0 saturated carbocycles. The Hall–Kier alpha value is -2.97. The second-order valence-corrected chi connectivity index (χ2v) is 9.72. The van der Waals surface area contributed by atoms with Crippen LogP contribution in [-0.2, 0) is 14.3 Å². The Morgan fingerprint density at radius 1 is 1.24 bits per heavy atom. The predicted octanol–water partition coefficient (Wildman–Crippen LogP) is 4.59. The van der Waals surface area contributed by atoms with Gasteiger partial charge in [-0.15, -0.1) is 4.99 Å². The van der Waals surface area contributed by atoms with E-state index in [9.17, 15) is 18.8 Å². The quantitative estimate of drug-likeness (QED) is 0.642. The maximum absolute atomic E-state index is 14.3. The molecular weight excluding hydrogens is 429 g/mol. The van der Waals surface area contributed by atoms with Crippen LogP contribution in [0.2, 0.25) is 0 Å². The van der Waals surface area contributed by atoms with Crippen molar-refractivity contribution in [3.63, 3.8) is 0 Å². The highest BCUT2D eigenvalue weighted by Crippen LogP contribution is 2.32. The van der Waals surface area contributed by atoms with E-state index in [2.05, 4.69) is 10.3 Å². The first kappa shape index (κ1) is 26.3. The van der Waals surface area contributed by atoms with Gasteiger partial charge in [0.15, 0.2) is 0 Å². The van der Waals surface area contributed by atoms with Gasteiger partial charge in [0.05, 0.1) is 24.6 Å². The lowest BCUT2D eigenvalue weighted by Crippen LogP contribution is -2.64. The highest BCUT2D eigenvalue weighted by atomic mass is 19.1. The van der Waals surface area contributed by atoms with E-state index in [-0.39, 0.29) is 36.4 Å². The van der Waals surface area contributed by atoms with E-state index in [4.69, 9.17) is 9.47 Å². The molecule has 0 unspecified atom stereocenters.